The number of aromatic nitrogens is 1. The molecule has 5 heteroatoms. The molecular formula is C12H19N3O2. The van der Waals surface area contributed by atoms with Gasteiger partial charge in [-0.3, -0.25) is 4.79 Å². The standard InChI is InChI=1S/C12H19N3O2/c1-8-5-9(6-10(13)14-8)11(16)15(4)7-12(2,3)17/h5-6,17H,7H2,1-4H3,(H2,13,14). The van der Waals surface area contributed by atoms with E-state index in [0.29, 0.717) is 17.1 Å². The Morgan fingerprint density at radius 2 is 2.12 bits per heavy atom. The summed E-state index contributed by atoms with van der Waals surface area (Å²) in [7, 11) is 1.65. The van der Waals surface area contributed by atoms with E-state index in [1.807, 2.05) is 0 Å². The van der Waals surface area contributed by atoms with E-state index >= 15 is 0 Å². The minimum absolute atomic E-state index is 0.177. The lowest BCUT2D eigenvalue weighted by Gasteiger charge is -2.25. The molecule has 0 atom stereocenters. The number of nitrogen functional groups attached to an aromatic ring is 1. The third-order valence-corrected chi connectivity index (χ3v) is 2.19. The highest BCUT2D eigenvalue weighted by Gasteiger charge is 2.20. The van der Waals surface area contributed by atoms with Crippen LogP contribution in [0.2, 0.25) is 0 Å². The SMILES string of the molecule is Cc1cc(C(=O)N(C)CC(C)(C)O)cc(N)n1. The fourth-order valence-corrected chi connectivity index (χ4v) is 1.69. The summed E-state index contributed by atoms with van der Waals surface area (Å²) in [5.74, 6) is 0.148. The van der Waals surface area contributed by atoms with E-state index in [2.05, 4.69) is 4.98 Å². The number of hydrogen-bond acceptors (Lipinski definition) is 4. The molecule has 0 unspecified atom stereocenters. The Morgan fingerprint density at radius 3 is 2.59 bits per heavy atom. The van der Waals surface area contributed by atoms with Gasteiger partial charge in [-0.15, -0.1) is 0 Å². The van der Waals surface area contributed by atoms with E-state index in [1.165, 1.54) is 11.0 Å². The fourth-order valence-electron chi connectivity index (χ4n) is 1.69. The highest BCUT2D eigenvalue weighted by atomic mass is 16.3. The van der Waals surface area contributed by atoms with Crippen LogP contribution in [0.15, 0.2) is 12.1 Å². The molecule has 0 fully saturated rings. The van der Waals surface area contributed by atoms with E-state index in [4.69, 9.17) is 5.73 Å². The lowest BCUT2D eigenvalue weighted by atomic mass is 10.1. The Hall–Kier alpha value is -1.62. The maximum Gasteiger partial charge on any atom is 0.253 e. The second-order valence-corrected chi connectivity index (χ2v) is 4.90. The summed E-state index contributed by atoms with van der Waals surface area (Å²) in [4.78, 5) is 17.5. The number of pyridine rings is 1. The Bertz CT molecular complexity index is 404. The van der Waals surface area contributed by atoms with Crippen molar-refractivity contribution in [1.82, 2.24) is 9.88 Å². The van der Waals surface area contributed by atoms with Crippen molar-refractivity contribution < 1.29 is 9.90 Å². The highest BCUT2D eigenvalue weighted by Crippen LogP contribution is 2.11. The first-order valence-corrected chi connectivity index (χ1v) is 5.41. The quantitative estimate of drug-likeness (QED) is 0.815. The molecule has 17 heavy (non-hydrogen) atoms. The smallest absolute Gasteiger partial charge is 0.253 e. The van der Waals surface area contributed by atoms with Crippen LogP contribution in [-0.2, 0) is 0 Å². The van der Waals surface area contributed by atoms with E-state index in [1.54, 1.807) is 33.9 Å². The molecule has 0 saturated heterocycles. The van der Waals surface area contributed by atoms with Crippen LogP contribution in [0.4, 0.5) is 5.82 Å². The van der Waals surface area contributed by atoms with Gasteiger partial charge < -0.3 is 15.7 Å². The predicted molar refractivity (Wildman–Crippen MR) is 66.6 cm³/mol. The summed E-state index contributed by atoms with van der Waals surface area (Å²) >= 11 is 0. The number of nitrogens with two attached hydrogens (primary N) is 1. The largest absolute Gasteiger partial charge is 0.389 e. The monoisotopic (exact) mass is 237 g/mol. The predicted octanol–water partition coefficient (Wildman–Crippen LogP) is 0.815. The molecule has 1 aromatic heterocycles. The maximum absolute atomic E-state index is 12.1. The van der Waals surface area contributed by atoms with Crippen molar-refractivity contribution in [3.05, 3.63) is 23.4 Å². The third-order valence-electron chi connectivity index (χ3n) is 2.19. The van der Waals surface area contributed by atoms with Gasteiger partial charge in [-0.1, -0.05) is 0 Å². The van der Waals surface area contributed by atoms with E-state index in [9.17, 15) is 9.90 Å². The first-order valence-electron chi connectivity index (χ1n) is 5.41. The van der Waals surface area contributed by atoms with Crippen LogP contribution >= 0.6 is 0 Å². The van der Waals surface area contributed by atoms with Crippen molar-refractivity contribution in [2.75, 3.05) is 19.3 Å². The molecule has 0 aliphatic carbocycles. The number of rotatable bonds is 3. The molecular weight excluding hydrogens is 218 g/mol. The van der Waals surface area contributed by atoms with Crippen molar-refractivity contribution in [3.63, 3.8) is 0 Å². The maximum atomic E-state index is 12.1. The van der Waals surface area contributed by atoms with Crippen molar-refractivity contribution in [2.45, 2.75) is 26.4 Å². The number of amides is 1. The van der Waals surface area contributed by atoms with Gasteiger partial charge in [0.1, 0.15) is 5.82 Å². The minimum atomic E-state index is -0.919. The lowest BCUT2D eigenvalue weighted by molar-refractivity contribution is 0.0368. The molecule has 0 aliphatic heterocycles. The average Bonchev–Trinajstić information content (AvgIpc) is 2.12. The van der Waals surface area contributed by atoms with Crippen molar-refractivity contribution in [3.8, 4) is 0 Å². The second kappa shape index (κ2) is 4.71. The van der Waals surface area contributed by atoms with Crippen molar-refractivity contribution >= 4 is 11.7 Å². The molecule has 3 N–H and O–H groups in total. The van der Waals surface area contributed by atoms with Gasteiger partial charge in [-0.25, -0.2) is 4.98 Å². The van der Waals surface area contributed by atoms with Crippen LogP contribution in [0.5, 0.6) is 0 Å². The van der Waals surface area contributed by atoms with E-state index in [0.717, 1.165) is 0 Å². The van der Waals surface area contributed by atoms with Gasteiger partial charge in [0.05, 0.1) is 5.60 Å². The van der Waals surface area contributed by atoms with Gasteiger partial charge in [0, 0.05) is 24.8 Å². The number of carbonyl (C=O) groups is 1. The molecule has 1 aromatic rings. The number of likely N-dealkylation sites (N-methyl/N-ethyl adjacent to an activating group) is 1. The zero-order chi connectivity index (χ0) is 13.2. The molecule has 1 heterocycles. The molecule has 94 valence electrons. The Labute approximate surface area is 101 Å². The Morgan fingerprint density at radius 1 is 1.53 bits per heavy atom. The average molecular weight is 237 g/mol. The number of aryl methyl sites for hydroxylation is 1. The Kier molecular flexibility index (Phi) is 3.72. The van der Waals surface area contributed by atoms with Gasteiger partial charge >= 0.3 is 0 Å². The summed E-state index contributed by atoms with van der Waals surface area (Å²) in [6.07, 6.45) is 0. The minimum Gasteiger partial charge on any atom is -0.389 e. The summed E-state index contributed by atoms with van der Waals surface area (Å²) in [6.45, 7) is 5.35. The number of hydrogen-bond donors (Lipinski definition) is 2. The zero-order valence-electron chi connectivity index (χ0n) is 10.7. The number of anilines is 1. The third kappa shape index (κ3) is 4.03. The summed E-state index contributed by atoms with van der Waals surface area (Å²) in [6, 6.07) is 3.22. The van der Waals surface area contributed by atoms with Crippen molar-refractivity contribution in [2.24, 2.45) is 0 Å². The second-order valence-electron chi connectivity index (χ2n) is 4.90. The zero-order valence-corrected chi connectivity index (χ0v) is 10.7. The highest BCUT2D eigenvalue weighted by molar-refractivity contribution is 5.94. The van der Waals surface area contributed by atoms with Crippen molar-refractivity contribution in [1.29, 1.82) is 0 Å². The number of carbonyl (C=O) groups excluding carboxylic acids is 1. The molecule has 0 saturated carbocycles. The number of aliphatic hydroxyl groups is 1. The molecule has 0 spiro atoms. The topological polar surface area (TPSA) is 79.5 Å². The van der Waals surface area contributed by atoms with Gasteiger partial charge in [-0.05, 0) is 32.9 Å². The molecule has 5 nitrogen and oxygen atoms in total. The first-order chi connectivity index (χ1) is 7.69. The van der Waals surface area contributed by atoms with Gasteiger partial charge in [0.2, 0.25) is 0 Å². The molecule has 0 aliphatic rings. The molecule has 0 bridgehead atoms. The number of nitrogens with zero attached hydrogens (tertiary/aromatic N) is 2. The first kappa shape index (κ1) is 13.4. The summed E-state index contributed by atoms with van der Waals surface area (Å²) in [5, 5.41) is 9.66. The van der Waals surface area contributed by atoms with Crippen LogP contribution in [0.25, 0.3) is 0 Å². The van der Waals surface area contributed by atoms with Gasteiger partial charge in [0.15, 0.2) is 0 Å². The van der Waals surface area contributed by atoms with Crippen LogP contribution in [0.1, 0.15) is 29.9 Å². The molecule has 0 radical (unpaired) electrons. The van der Waals surface area contributed by atoms with E-state index in [-0.39, 0.29) is 12.5 Å². The Balaban J connectivity index is 2.89. The van der Waals surface area contributed by atoms with Crippen LogP contribution < -0.4 is 5.73 Å². The van der Waals surface area contributed by atoms with Gasteiger partial charge in [-0.2, -0.15) is 0 Å². The van der Waals surface area contributed by atoms with Crippen LogP contribution in [0, 0.1) is 6.92 Å². The molecule has 1 rings (SSSR count). The van der Waals surface area contributed by atoms with Crippen LogP contribution in [0.3, 0.4) is 0 Å². The van der Waals surface area contributed by atoms with Crippen LogP contribution in [-0.4, -0.2) is 40.1 Å². The molecule has 1 amide bonds. The van der Waals surface area contributed by atoms with Gasteiger partial charge in [0.25, 0.3) is 5.91 Å². The summed E-state index contributed by atoms with van der Waals surface area (Å²) in [5.41, 5.74) is 5.86. The summed E-state index contributed by atoms with van der Waals surface area (Å²) < 4.78 is 0. The van der Waals surface area contributed by atoms with E-state index < -0.39 is 5.60 Å². The normalized spacial score (nSPS) is 11.4. The lowest BCUT2D eigenvalue weighted by Crippen LogP contribution is -2.39. The fraction of sp³-hybridized carbons (Fsp3) is 0.500. The molecule has 0 aromatic carbocycles.